The maximum Gasteiger partial charge on any atom is 0.00501 e. The highest BCUT2D eigenvalue weighted by Crippen LogP contribution is 2.47. The summed E-state index contributed by atoms with van der Waals surface area (Å²) in [6.07, 6.45) is 14.5. The van der Waals surface area contributed by atoms with Gasteiger partial charge in [0.1, 0.15) is 0 Å². The summed E-state index contributed by atoms with van der Waals surface area (Å²) >= 11 is 0. The highest BCUT2D eigenvalue weighted by Gasteiger charge is 2.40. The Kier molecular flexibility index (Phi) is 3.68. The van der Waals surface area contributed by atoms with E-state index in [0.29, 0.717) is 5.41 Å². The molecule has 104 valence electrons. The van der Waals surface area contributed by atoms with Crippen molar-refractivity contribution in [2.24, 2.45) is 16.6 Å². The quantitative estimate of drug-likeness (QED) is 0.833. The second-order valence-corrected chi connectivity index (χ2v) is 7.39. The molecule has 0 radical (unpaired) electrons. The minimum Gasteiger partial charge on any atom is -0.330 e. The Labute approximate surface area is 112 Å². The summed E-state index contributed by atoms with van der Waals surface area (Å²) < 4.78 is 0. The molecule has 1 saturated heterocycles. The van der Waals surface area contributed by atoms with Crippen LogP contribution < -0.4 is 5.73 Å². The zero-order valence-corrected chi connectivity index (χ0v) is 11.9. The molecule has 0 aromatic carbocycles. The third-order valence-corrected chi connectivity index (χ3v) is 6.24. The smallest absolute Gasteiger partial charge is 0.00501 e. The molecule has 2 aliphatic carbocycles. The first-order chi connectivity index (χ1) is 8.76. The van der Waals surface area contributed by atoms with E-state index in [1.165, 1.54) is 83.8 Å². The molecule has 1 spiro atoms. The van der Waals surface area contributed by atoms with Crippen molar-refractivity contribution in [3.63, 3.8) is 0 Å². The maximum atomic E-state index is 6.07. The van der Waals surface area contributed by atoms with Gasteiger partial charge in [-0.3, -0.25) is 0 Å². The monoisotopic (exact) mass is 250 g/mol. The van der Waals surface area contributed by atoms with E-state index in [1.54, 1.807) is 0 Å². The van der Waals surface area contributed by atoms with Crippen molar-refractivity contribution in [1.82, 2.24) is 4.90 Å². The van der Waals surface area contributed by atoms with Gasteiger partial charge in [-0.2, -0.15) is 0 Å². The molecule has 1 aliphatic heterocycles. The van der Waals surface area contributed by atoms with Crippen molar-refractivity contribution in [2.45, 2.75) is 64.2 Å². The summed E-state index contributed by atoms with van der Waals surface area (Å²) in [5, 5.41) is 0. The number of rotatable bonds is 3. The van der Waals surface area contributed by atoms with Crippen LogP contribution in [0.5, 0.6) is 0 Å². The van der Waals surface area contributed by atoms with Crippen LogP contribution in [0.15, 0.2) is 0 Å². The Hall–Kier alpha value is -0.0800. The molecule has 2 nitrogen and oxygen atoms in total. The molecule has 3 rings (SSSR count). The van der Waals surface area contributed by atoms with Crippen LogP contribution in [0.2, 0.25) is 0 Å². The largest absolute Gasteiger partial charge is 0.330 e. The standard InChI is InChI=1S/C16H30N2/c17-13-16(7-3-4-8-16)14-18-11-9-15(10-12-18)5-1-2-6-15/h1-14,17H2. The lowest BCUT2D eigenvalue weighted by Gasteiger charge is -2.43. The normalized spacial score (nSPS) is 31.2. The van der Waals surface area contributed by atoms with Gasteiger partial charge in [0.05, 0.1) is 0 Å². The summed E-state index contributed by atoms with van der Waals surface area (Å²) in [6, 6.07) is 0. The van der Waals surface area contributed by atoms with Gasteiger partial charge in [0, 0.05) is 6.54 Å². The van der Waals surface area contributed by atoms with Crippen LogP contribution in [0.1, 0.15) is 64.2 Å². The van der Waals surface area contributed by atoms with Gasteiger partial charge in [-0.1, -0.05) is 25.7 Å². The van der Waals surface area contributed by atoms with Crippen LogP contribution in [0.3, 0.4) is 0 Å². The molecule has 0 aromatic heterocycles. The van der Waals surface area contributed by atoms with Gasteiger partial charge in [-0.05, 0) is 69.0 Å². The van der Waals surface area contributed by atoms with E-state index in [2.05, 4.69) is 4.90 Å². The van der Waals surface area contributed by atoms with Crippen LogP contribution in [-0.4, -0.2) is 31.1 Å². The molecule has 2 saturated carbocycles. The predicted octanol–water partition coefficient (Wildman–Crippen LogP) is 3.16. The second-order valence-electron chi connectivity index (χ2n) is 7.39. The van der Waals surface area contributed by atoms with E-state index >= 15 is 0 Å². The Morgan fingerprint density at radius 2 is 1.33 bits per heavy atom. The lowest BCUT2D eigenvalue weighted by atomic mass is 9.76. The molecule has 0 atom stereocenters. The summed E-state index contributed by atoms with van der Waals surface area (Å²) in [5.41, 5.74) is 7.33. The van der Waals surface area contributed by atoms with Gasteiger partial charge in [0.2, 0.25) is 0 Å². The maximum absolute atomic E-state index is 6.07. The SMILES string of the molecule is NCC1(CN2CCC3(CCCC3)CC2)CCCC1. The molecule has 1 heterocycles. The van der Waals surface area contributed by atoms with Crippen LogP contribution in [0.25, 0.3) is 0 Å². The molecule has 3 aliphatic rings. The van der Waals surface area contributed by atoms with E-state index in [9.17, 15) is 0 Å². The molecule has 0 bridgehead atoms. The Morgan fingerprint density at radius 1 is 0.778 bits per heavy atom. The van der Waals surface area contributed by atoms with Crippen molar-refractivity contribution in [3.05, 3.63) is 0 Å². The van der Waals surface area contributed by atoms with E-state index in [-0.39, 0.29) is 0 Å². The molecule has 2 heteroatoms. The molecule has 3 fully saturated rings. The third-order valence-electron chi connectivity index (χ3n) is 6.24. The van der Waals surface area contributed by atoms with Gasteiger partial charge < -0.3 is 10.6 Å². The fourth-order valence-electron chi connectivity index (χ4n) is 4.84. The van der Waals surface area contributed by atoms with E-state index in [1.807, 2.05) is 0 Å². The Balaban J connectivity index is 1.53. The van der Waals surface area contributed by atoms with Crippen LogP contribution in [-0.2, 0) is 0 Å². The molecular formula is C16H30N2. The summed E-state index contributed by atoms with van der Waals surface area (Å²) in [6.45, 7) is 4.90. The van der Waals surface area contributed by atoms with Crippen molar-refractivity contribution < 1.29 is 0 Å². The summed E-state index contributed by atoms with van der Waals surface area (Å²) in [5.74, 6) is 0. The topological polar surface area (TPSA) is 29.3 Å². The first-order valence-electron chi connectivity index (χ1n) is 8.19. The average Bonchev–Trinajstić information content (AvgIpc) is 3.03. The molecule has 2 N–H and O–H groups in total. The molecule has 0 amide bonds. The fraction of sp³-hybridized carbons (Fsp3) is 1.00. The first-order valence-corrected chi connectivity index (χ1v) is 8.19. The van der Waals surface area contributed by atoms with Gasteiger partial charge in [-0.25, -0.2) is 0 Å². The molecule has 0 aromatic rings. The van der Waals surface area contributed by atoms with Crippen molar-refractivity contribution in [2.75, 3.05) is 26.2 Å². The Morgan fingerprint density at radius 3 is 1.89 bits per heavy atom. The number of hydrogen-bond donors (Lipinski definition) is 1. The second kappa shape index (κ2) is 5.13. The third kappa shape index (κ3) is 2.46. The molecule has 18 heavy (non-hydrogen) atoms. The summed E-state index contributed by atoms with van der Waals surface area (Å²) in [7, 11) is 0. The van der Waals surface area contributed by atoms with Gasteiger partial charge in [0.25, 0.3) is 0 Å². The zero-order chi connectivity index (χ0) is 12.5. The summed E-state index contributed by atoms with van der Waals surface area (Å²) in [4.78, 5) is 2.74. The molecular weight excluding hydrogens is 220 g/mol. The predicted molar refractivity (Wildman–Crippen MR) is 76.5 cm³/mol. The number of piperidine rings is 1. The van der Waals surface area contributed by atoms with Gasteiger partial charge >= 0.3 is 0 Å². The van der Waals surface area contributed by atoms with Crippen LogP contribution >= 0.6 is 0 Å². The number of nitrogens with two attached hydrogens (primary N) is 1. The number of nitrogens with zero attached hydrogens (tertiary/aromatic N) is 1. The lowest BCUT2D eigenvalue weighted by Crippen LogP contribution is -2.46. The van der Waals surface area contributed by atoms with Crippen LogP contribution in [0.4, 0.5) is 0 Å². The van der Waals surface area contributed by atoms with Gasteiger partial charge in [0.15, 0.2) is 0 Å². The minimum absolute atomic E-state index is 0.486. The minimum atomic E-state index is 0.486. The highest BCUT2D eigenvalue weighted by atomic mass is 15.1. The number of hydrogen-bond acceptors (Lipinski definition) is 2. The van der Waals surface area contributed by atoms with Crippen molar-refractivity contribution >= 4 is 0 Å². The van der Waals surface area contributed by atoms with E-state index in [4.69, 9.17) is 5.73 Å². The first kappa shape index (κ1) is 12.9. The Bertz CT molecular complexity index is 265. The fourth-order valence-corrected chi connectivity index (χ4v) is 4.84. The van der Waals surface area contributed by atoms with E-state index < -0.39 is 0 Å². The zero-order valence-electron chi connectivity index (χ0n) is 11.9. The van der Waals surface area contributed by atoms with Crippen molar-refractivity contribution in [3.8, 4) is 0 Å². The highest BCUT2D eigenvalue weighted by molar-refractivity contribution is 4.93. The lowest BCUT2D eigenvalue weighted by molar-refractivity contribution is 0.0717. The average molecular weight is 250 g/mol. The van der Waals surface area contributed by atoms with Crippen LogP contribution in [0, 0.1) is 10.8 Å². The van der Waals surface area contributed by atoms with E-state index in [0.717, 1.165) is 12.0 Å². The molecule has 0 unspecified atom stereocenters. The number of likely N-dealkylation sites (tertiary alicyclic amines) is 1. The van der Waals surface area contributed by atoms with Crippen molar-refractivity contribution in [1.29, 1.82) is 0 Å². The van der Waals surface area contributed by atoms with Gasteiger partial charge in [-0.15, -0.1) is 0 Å².